The van der Waals surface area contributed by atoms with E-state index < -0.39 is 17.2 Å². The van der Waals surface area contributed by atoms with Gasteiger partial charge >= 0.3 is 75.5 Å². The topological polar surface area (TPSA) is 63.6 Å². The molecule has 0 aromatic heterocycles. The van der Waals surface area contributed by atoms with Gasteiger partial charge in [-0.1, -0.05) is 13.3 Å². The van der Waals surface area contributed by atoms with E-state index in [0.717, 1.165) is 12.8 Å². The Balaban J connectivity index is -0.000000351. The molecule has 0 aliphatic rings. The van der Waals surface area contributed by atoms with E-state index in [2.05, 4.69) is 44.4 Å². The number of carbonyl (C=O) groups is 2. The van der Waals surface area contributed by atoms with Crippen LogP contribution in [-0.2, 0) is 14.3 Å². The summed E-state index contributed by atoms with van der Waals surface area (Å²) in [5.74, 6) is -0.754. The maximum absolute atomic E-state index is 10.9. The molecular formula is C18H36O4SSn. The summed E-state index contributed by atoms with van der Waals surface area (Å²) in [6, 6.07) is 0. The van der Waals surface area contributed by atoms with Crippen LogP contribution in [0.25, 0.3) is 0 Å². The molecule has 1 atom stereocenters. The number of esters is 1. The normalized spacial score (nSPS) is 10.5. The van der Waals surface area contributed by atoms with Gasteiger partial charge in [0.15, 0.2) is 11.2 Å². The molecule has 0 saturated heterocycles. The van der Waals surface area contributed by atoms with Gasteiger partial charge in [0.1, 0.15) is 0 Å². The molecular weight excluding hydrogens is 431 g/mol. The minimum absolute atomic E-state index is 0.149. The van der Waals surface area contributed by atoms with Crippen LogP contribution in [0.15, 0.2) is 13.2 Å². The molecule has 142 valence electrons. The van der Waals surface area contributed by atoms with Crippen molar-refractivity contribution in [3.63, 3.8) is 0 Å². The molecule has 0 aliphatic heterocycles. The summed E-state index contributed by atoms with van der Waals surface area (Å²) in [7, 11) is 0. The van der Waals surface area contributed by atoms with Gasteiger partial charge in [-0.2, -0.15) is 0 Å². The van der Waals surface area contributed by atoms with E-state index in [1.807, 2.05) is 6.92 Å². The van der Waals surface area contributed by atoms with Crippen LogP contribution >= 0.6 is 12.6 Å². The van der Waals surface area contributed by atoms with E-state index in [-0.39, 0.29) is 34.2 Å². The van der Waals surface area contributed by atoms with Gasteiger partial charge in [-0.3, -0.25) is 4.79 Å². The molecule has 0 aromatic carbocycles. The van der Waals surface area contributed by atoms with E-state index in [0.29, 0.717) is 0 Å². The molecule has 0 amide bonds. The van der Waals surface area contributed by atoms with E-state index in [4.69, 9.17) is 5.11 Å². The van der Waals surface area contributed by atoms with Crippen molar-refractivity contribution in [2.45, 2.75) is 80.7 Å². The first kappa shape index (κ1) is 28.8. The molecule has 0 fully saturated rings. The number of rotatable bonds is 12. The molecule has 0 aliphatic carbocycles. The molecule has 2 radical (unpaired) electrons. The number of carbonyl (C=O) groups excluding carboxylic acids is 2. The zero-order valence-electron chi connectivity index (χ0n) is 15.7. The zero-order chi connectivity index (χ0) is 19.2. The van der Waals surface area contributed by atoms with Crippen LogP contribution in [0, 0.1) is 0 Å². The molecule has 0 aromatic rings. The van der Waals surface area contributed by atoms with Crippen molar-refractivity contribution in [2.75, 3.05) is 6.61 Å². The van der Waals surface area contributed by atoms with Crippen molar-refractivity contribution in [1.82, 2.24) is 0 Å². The molecule has 0 saturated carbocycles. The Bertz CT molecular complexity index is 282. The van der Waals surface area contributed by atoms with Gasteiger partial charge in [-0.15, -0.1) is 25.8 Å². The predicted molar refractivity (Wildman–Crippen MR) is 107 cm³/mol. The van der Waals surface area contributed by atoms with Crippen molar-refractivity contribution < 1.29 is 19.4 Å². The summed E-state index contributed by atoms with van der Waals surface area (Å²) >= 11 is 3.58. The monoisotopic (exact) mass is 468 g/mol. The predicted octanol–water partition coefficient (Wildman–Crippen LogP) is 4.47. The van der Waals surface area contributed by atoms with E-state index in [9.17, 15) is 9.59 Å². The first-order valence-electron chi connectivity index (χ1n) is 8.76. The van der Waals surface area contributed by atoms with Gasteiger partial charge in [0.25, 0.3) is 0 Å². The zero-order valence-corrected chi connectivity index (χ0v) is 19.4. The number of aliphatic hydroxyl groups is 1. The number of aliphatic hydroxyl groups excluding tert-OH is 1. The summed E-state index contributed by atoms with van der Waals surface area (Å²) in [6.07, 6.45) is 5.84. The number of thiol groups is 1. The van der Waals surface area contributed by atoms with Crippen LogP contribution in [0.5, 0.6) is 0 Å². The standard InChI is InChI=1S/C8H14O4S.2C4H9.C2H4.Sn/c1-2-3-4-12-8(11)6(9)5-7(10)13;2*1-3-4-2;1-2;/h6,9H,2-5H2,1H3,(H,10,13);2*1,3-4H2,2H3;1-2H2;. The quantitative estimate of drug-likeness (QED) is 0.146. The van der Waals surface area contributed by atoms with Gasteiger partial charge in [0, 0.05) is 0 Å². The van der Waals surface area contributed by atoms with E-state index in [1.54, 1.807) is 8.87 Å². The Morgan fingerprint density at radius 1 is 1.04 bits per heavy atom. The third kappa shape index (κ3) is 26.9. The SMILES string of the molecule is C=C.CCCCOC(=O)C(O)CC(=O)S.CCC[CH2][Sn][CH2]CCC. The van der Waals surface area contributed by atoms with Crippen molar-refractivity contribution in [1.29, 1.82) is 0 Å². The van der Waals surface area contributed by atoms with Crippen LogP contribution in [0.4, 0.5) is 0 Å². The van der Waals surface area contributed by atoms with Crippen LogP contribution < -0.4 is 0 Å². The van der Waals surface area contributed by atoms with Crippen molar-refractivity contribution in [3.05, 3.63) is 13.2 Å². The molecule has 0 rings (SSSR count). The molecule has 0 heterocycles. The molecule has 6 heteroatoms. The summed E-state index contributed by atoms with van der Waals surface area (Å²) in [6.45, 7) is 12.8. The summed E-state index contributed by atoms with van der Waals surface area (Å²) in [5, 5.41) is 8.52. The maximum atomic E-state index is 10.9. The Hall–Kier alpha value is -0.0113. The average molecular weight is 467 g/mol. The number of hydrogen-bond donors (Lipinski definition) is 2. The molecule has 24 heavy (non-hydrogen) atoms. The molecule has 4 nitrogen and oxygen atoms in total. The van der Waals surface area contributed by atoms with Crippen LogP contribution in [-0.4, -0.2) is 50.0 Å². The Morgan fingerprint density at radius 3 is 1.88 bits per heavy atom. The molecule has 1 unspecified atom stereocenters. The van der Waals surface area contributed by atoms with Gasteiger partial charge in [0.05, 0.1) is 13.0 Å². The second-order valence-corrected chi connectivity index (χ2v) is 9.87. The fraction of sp³-hybridized carbons (Fsp3) is 0.778. The van der Waals surface area contributed by atoms with Gasteiger partial charge in [0.2, 0.25) is 0 Å². The fourth-order valence-electron chi connectivity index (χ4n) is 1.39. The minimum atomic E-state index is -1.37. The van der Waals surface area contributed by atoms with Crippen molar-refractivity contribution in [2.24, 2.45) is 0 Å². The second-order valence-electron chi connectivity index (χ2n) is 5.09. The van der Waals surface area contributed by atoms with Crippen LogP contribution in [0.3, 0.4) is 0 Å². The van der Waals surface area contributed by atoms with Gasteiger partial charge in [-0.05, 0) is 6.42 Å². The summed E-state index contributed by atoms with van der Waals surface area (Å²) < 4.78 is 7.92. The summed E-state index contributed by atoms with van der Waals surface area (Å²) in [5.41, 5.74) is 0. The third-order valence-corrected chi connectivity index (χ3v) is 7.02. The average Bonchev–Trinajstić information content (AvgIpc) is 2.57. The molecule has 0 bridgehead atoms. The van der Waals surface area contributed by atoms with Crippen LogP contribution in [0.2, 0.25) is 8.87 Å². The third-order valence-electron chi connectivity index (χ3n) is 2.80. The summed E-state index contributed by atoms with van der Waals surface area (Å²) in [4.78, 5) is 21.3. The molecule has 0 spiro atoms. The number of hydrogen-bond acceptors (Lipinski definition) is 4. The van der Waals surface area contributed by atoms with Gasteiger partial charge in [-0.25, -0.2) is 4.79 Å². The van der Waals surface area contributed by atoms with Gasteiger partial charge < -0.3 is 9.84 Å². The Morgan fingerprint density at radius 2 is 1.50 bits per heavy atom. The Kier molecular flexibility index (Phi) is 30.3. The van der Waals surface area contributed by atoms with E-state index >= 15 is 0 Å². The number of unbranched alkanes of at least 4 members (excludes halogenated alkanes) is 3. The van der Waals surface area contributed by atoms with E-state index in [1.165, 1.54) is 25.7 Å². The second kappa shape index (κ2) is 25.2. The molecule has 1 N–H and O–H groups in total. The van der Waals surface area contributed by atoms with Crippen LogP contribution in [0.1, 0.15) is 65.7 Å². The first-order chi connectivity index (χ1) is 11.5. The number of ether oxygens (including phenoxy) is 1. The first-order valence-corrected chi connectivity index (χ1v) is 13.2. The Labute approximate surface area is 164 Å². The van der Waals surface area contributed by atoms with Crippen molar-refractivity contribution in [3.8, 4) is 0 Å². The fourth-order valence-corrected chi connectivity index (χ4v) is 5.72. The van der Waals surface area contributed by atoms with Crippen molar-refractivity contribution >= 4 is 44.9 Å².